The number of methoxy groups -OCH3 is 1. The summed E-state index contributed by atoms with van der Waals surface area (Å²) in [6.07, 6.45) is -2.35. The molecule has 1 fully saturated rings. The molecule has 0 bridgehead atoms. The van der Waals surface area contributed by atoms with Crippen LogP contribution in [0.15, 0.2) is 41.3 Å². The van der Waals surface area contributed by atoms with Crippen molar-refractivity contribution in [2.45, 2.75) is 31.1 Å². The molecular weight excluding hydrogens is 342 g/mol. The van der Waals surface area contributed by atoms with E-state index in [4.69, 9.17) is 19.9 Å². The van der Waals surface area contributed by atoms with Crippen molar-refractivity contribution in [3.8, 4) is 5.75 Å². The molecule has 1 aromatic carbocycles. The van der Waals surface area contributed by atoms with E-state index in [1.165, 1.54) is 16.8 Å². The van der Waals surface area contributed by atoms with Crippen LogP contribution in [-0.2, 0) is 16.1 Å². The van der Waals surface area contributed by atoms with E-state index in [9.17, 15) is 15.0 Å². The molecule has 3 rings (SSSR count). The van der Waals surface area contributed by atoms with Crippen molar-refractivity contribution in [1.29, 1.82) is 0 Å². The molecule has 9 heteroatoms. The normalized spacial score (nSPS) is 25.3. The fourth-order valence-corrected chi connectivity index (χ4v) is 2.81. The van der Waals surface area contributed by atoms with Gasteiger partial charge in [-0.25, -0.2) is 4.79 Å². The molecule has 4 atom stereocenters. The van der Waals surface area contributed by atoms with E-state index in [0.29, 0.717) is 0 Å². The Balaban J connectivity index is 1.79. The maximum Gasteiger partial charge on any atom is 0.351 e. The number of anilines is 1. The molecular formula is C17H21N3O6. The third kappa shape index (κ3) is 3.70. The number of nitrogen functional groups attached to an aromatic ring is 1. The van der Waals surface area contributed by atoms with Gasteiger partial charge in [0.15, 0.2) is 6.23 Å². The SMILES string of the molecule is COc1ccc(CO[C@@H]2[C@H](O)[C@@H](CO)O[C@H]2n2ccc(N)nc2=O)cc1. The van der Waals surface area contributed by atoms with Gasteiger partial charge in [0.2, 0.25) is 0 Å². The number of rotatable bonds is 6. The smallest absolute Gasteiger partial charge is 0.351 e. The molecule has 0 unspecified atom stereocenters. The first kappa shape index (κ1) is 18.3. The molecule has 1 aliphatic rings. The first-order valence-electron chi connectivity index (χ1n) is 8.07. The molecule has 4 N–H and O–H groups in total. The number of hydrogen-bond acceptors (Lipinski definition) is 8. The highest BCUT2D eigenvalue weighted by Crippen LogP contribution is 2.31. The Kier molecular flexibility index (Phi) is 5.52. The number of aliphatic hydroxyl groups excluding tert-OH is 2. The van der Waals surface area contributed by atoms with Crippen molar-refractivity contribution in [2.75, 3.05) is 19.5 Å². The molecule has 140 valence electrons. The Morgan fingerprint density at radius 1 is 1.31 bits per heavy atom. The van der Waals surface area contributed by atoms with Gasteiger partial charge in [-0.15, -0.1) is 0 Å². The lowest BCUT2D eigenvalue weighted by molar-refractivity contribution is -0.0796. The summed E-state index contributed by atoms with van der Waals surface area (Å²) in [5, 5.41) is 19.8. The molecule has 1 saturated heterocycles. The summed E-state index contributed by atoms with van der Waals surface area (Å²) < 4.78 is 17.7. The molecule has 9 nitrogen and oxygen atoms in total. The van der Waals surface area contributed by atoms with E-state index in [1.807, 2.05) is 12.1 Å². The van der Waals surface area contributed by atoms with Gasteiger partial charge in [0.1, 0.15) is 29.9 Å². The number of hydrogen-bond donors (Lipinski definition) is 3. The van der Waals surface area contributed by atoms with Crippen LogP contribution in [0.1, 0.15) is 11.8 Å². The van der Waals surface area contributed by atoms with Crippen LogP contribution in [0.25, 0.3) is 0 Å². The van der Waals surface area contributed by atoms with Crippen molar-refractivity contribution in [2.24, 2.45) is 0 Å². The van der Waals surface area contributed by atoms with Gasteiger partial charge in [-0.3, -0.25) is 4.57 Å². The van der Waals surface area contributed by atoms with Gasteiger partial charge < -0.3 is 30.2 Å². The van der Waals surface area contributed by atoms with E-state index in [-0.39, 0.29) is 12.4 Å². The van der Waals surface area contributed by atoms with E-state index in [2.05, 4.69) is 4.98 Å². The Bertz CT molecular complexity index is 794. The number of ether oxygens (including phenoxy) is 3. The predicted octanol–water partition coefficient (Wildman–Crippen LogP) is -0.330. The van der Waals surface area contributed by atoms with Crippen LogP contribution in [0.4, 0.5) is 5.82 Å². The minimum atomic E-state index is -1.10. The predicted molar refractivity (Wildman–Crippen MR) is 91.5 cm³/mol. The Morgan fingerprint density at radius 3 is 2.65 bits per heavy atom. The van der Waals surface area contributed by atoms with Crippen LogP contribution < -0.4 is 16.2 Å². The van der Waals surface area contributed by atoms with Crippen molar-refractivity contribution in [3.05, 3.63) is 52.6 Å². The lowest BCUT2D eigenvalue weighted by Crippen LogP contribution is -2.38. The van der Waals surface area contributed by atoms with Gasteiger partial charge in [0, 0.05) is 6.20 Å². The minimum Gasteiger partial charge on any atom is -0.497 e. The Morgan fingerprint density at radius 2 is 2.04 bits per heavy atom. The van der Waals surface area contributed by atoms with Gasteiger partial charge in [0.25, 0.3) is 0 Å². The Hall–Kier alpha value is -2.46. The first-order valence-corrected chi connectivity index (χ1v) is 8.07. The highest BCUT2D eigenvalue weighted by Gasteiger charge is 2.45. The summed E-state index contributed by atoms with van der Waals surface area (Å²) >= 11 is 0. The summed E-state index contributed by atoms with van der Waals surface area (Å²) in [7, 11) is 1.58. The summed E-state index contributed by atoms with van der Waals surface area (Å²) in [5.74, 6) is 0.801. The zero-order valence-electron chi connectivity index (χ0n) is 14.2. The van der Waals surface area contributed by atoms with Crippen LogP contribution >= 0.6 is 0 Å². The highest BCUT2D eigenvalue weighted by molar-refractivity contribution is 5.26. The third-order valence-electron chi connectivity index (χ3n) is 4.22. The molecule has 26 heavy (non-hydrogen) atoms. The van der Waals surface area contributed by atoms with Crippen LogP contribution in [0.5, 0.6) is 5.75 Å². The van der Waals surface area contributed by atoms with E-state index < -0.39 is 36.8 Å². The molecule has 2 aromatic rings. The van der Waals surface area contributed by atoms with Crippen molar-refractivity contribution < 1.29 is 24.4 Å². The fourth-order valence-electron chi connectivity index (χ4n) is 2.81. The monoisotopic (exact) mass is 363 g/mol. The van der Waals surface area contributed by atoms with Crippen LogP contribution in [0.3, 0.4) is 0 Å². The Labute approximate surface area is 149 Å². The fraction of sp³-hybridized carbons (Fsp3) is 0.412. The average Bonchev–Trinajstić information content (AvgIpc) is 2.96. The van der Waals surface area contributed by atoms with Crippen LogP contribution in [-0.4, -0.2) is 51.8 Å². The van der Waals surface area contributed by atoms with Gasteiger partial charge in [0.05, 0.1) is 20.3 Å². The van der Waals surface area contributed by atoms with Gasteiger partial charge >= 0.3 is 5.69 Å². The molecule has 0 amide bonds. The number of aliphatic hydroxyl groups is 2. The topological polar surface area (TPSA) is 129 Å². The molecule has 2 heterocycles. The maximum atomic E-state index is 12.1. The highest BCUT2D eigenvalue weighted by atomic mass is 16.6. The zero-order chi connectivity index (χ0) is 18.7. The van der Waals surface area contributed by atoms with Crippen molar-refractivity contribution >= 4 is 5.82 Å². The second kappa shape index (κ2) is 7.83. The van der Waals surface area contributed by atoms with Crippen molar-refractivity contribution in [1.82, 2.24) is 9.55 Å². The van der Waals surface area contributed by atoms with E-state index in [1.54, 1.807) is 19.2 Å². The van der Waals surface area contributed by atoms with Gasteiger partial charge in [-0.1, -0.05) is 12.1 Å². The standard InChI is InChI=1S/C17H21N3O6/c1-24-11-4-2-10(3-5-11)9-25-15-14(22)12(8-21)26-16(15)20-7-6-13(18)19-17(20)23/h2-7,12,14-16,21-22H,8-9H2,1H3,(H2,18,19,23)/t12-,14-,15-,16-/m1/s1. The second-order valence-electron chi connectivity index (χ2n) is 5.90. The summed E-state index contributed by atoms with van der Waals surface area (Å²) in [4.78, 5) is 15.8. The molecule has 0 aliphatic carbocycles. The largest absolute Gasteiger partial charge is 0.497 e. The number of nitrogens with zero attached hydrogens (tertiary/aromatic N) is 2. The second-order valence-corrected chi connectivity index (χ2v) is 5.90. The first-order chi connectivity index (χ1) is 12.5. The molecule has 1 aromatic heterocycles. The van der Waals surface area contributed by atoms with E-state index >= 15 is 0 Å². The van der Waals surface area contributed by atoms with Gasteiger partial charge in [-0.2, -0.15) is 4.98 Å². The quantitative estimate of drug-likeness (QED) is 0.636. The number of aromatic nitrogens is 2. The maximum absolute atomic E-state index is 12.1. The van der Waals surface area contributed by atoms with Crippen molar-refractivity contribution in [3.63, 3.8) is 0 Å². The molecule has 1 aliphatic heterocycles. The average molecular weight is 363 g/mol. The lowest BCUT2D eigenvalue weighted by atomic mass is 10.1. The summed E-state index contributed by atoms with van der Waals surface area (Å²) in [6.45, 7) is -0.224. The summed E-state index contributed by atoms with van der Waals surface area (Å²) in [5.41, 5.74) is 5.73. The number of benzene rings is 1. The van der Waals surface area contributed by atoms with Crippen LogP contribution in [0.2, 0.25) is 0 Å². The van der Waals surface area contributed by atoms with Crippen LogP contribution in [0, 0.1) is 0 Å². The summed E-state index contributed by atoms with van der Waals surface area (Å²) in [6, 6.07) is 8.70. The molecule has 0 radical (unpaired) electrons. The number of nitrogens with two attached hydrogens (primary N) is 1. The zero-order valence-corrected chi connectivity index (χ0v) is 14.2. The third-order valence-corrected chi connectivity index (χ3v) is 4.22. The molecule has 0 spiro atoms. The van der Waals surface area contributed by atoms with E-state index in [0.717, 1.165) is 11.3 Å². The minimum absolute atomic E-state index is 0.0826. The van der Waals surface area contributed by atoms with Gasteiger partial charge in [-0.05, 0) is 23.8 Å². The molecule has 0 saturated carbocycles. The lowest BCUT2D eigenvalue weighted by Gasteiger charge is -2.22.